The zero-order chi connectivity index (χ0) is 39.7. The predicted molar refractivity (Wildman–Crippen MR) is 203 cm³/mol. The molecule has 5 heterocycles. The predicted octanol–water partition coefficient (Wildman–Crippen LogP) is 3.53. The Bertz CT molecular complexity index is 2540. The van der Waals surface area contributed by atoms with Crippen molar-refractivity contribution in [2.24, 2.45) is 17.4 Å². The van der Waals surface area contributed by atoms with Crippen molar-refractivity contribution in [3.63, 3.8) is 0 Å². The van der Waals surface area contributed by atoms with Crippen LogP contribution in [0.2, 0.25) is 0 Å². The van der Waals surface area contributed by atoms with E-state index in [1.54, 1.807) is 51.9 Å². The number of nitrogens with one attached hydrogen (secondary N) is 2. The van der Waals surface area contributed by atoms with Crippen LogP contribution in [0.25, 0.3) is 22.2 Å². The minimum Gasteiger partial charge on any atom is -0.491 e. The molecule has 0 saturated heterocycles. The van der Waals surface area contributed by atoms with Gasteiger partial charge in [-0.2, -0.15) is 10.2 Å². The topological polar surface area (TPSA) is 238 Å². The van der Waals surface area contributed by atoms with Crippen molar-refractivity contribution >= 4 is 57.7 Å². The Hall–Kier alpha value is -6.92. The zero-order valence-electron chi connectivity index (χ0n) is 31.0. The highest BCUT2D eigenvalue weighted by molar-refractivity contribution is 6.05. The molecule has 1 saturated carbocycles. The number of nitrogens with zero attached hydrogens (tertiary/aromatic N) is 9. The van der Waals surface area contributed by atoms with Crippen LogP contribution in [-0.2, 0) is 26.2 Å². The third kappa shape index (κ3) is 7.68. The number of carbonyl (C=O) groups is 4. The van der Waals surface area contributed by atoms with E-state index in [0.29, 0.717) is 64.1 Å². The molecule has 4 amide bonds. The molecular formula is C37H40FN13O5. The van der Waals surface area contributed by atoms with E-state index in [0.717, 1.165) is 12.8 Å². The number of halogens is 1. The Morgan fingerprint density at radius 3 is 2.05 bits per heavy atom. The average molecular weight is 766 g/mol. The number of imidazole rings is 2. The number of ether oxygens (including phenoxy) is 1. The number of nitrogens with two attached hydrogens (primary N) is 2. The van der Waals surface area contributed by atoms with Crippen LogP contribution in [0.4, 0.5) is 16.3 Å². The smallest absolute Gasteiger partial charge is 0.276 e. The molecule has 19 heteroatoms. The quantitative estimate of drug-likeness (QED) is 0.105. The maximum absolute atomic E-state index is 13.6. The van der Waals surface area contributed by atoms with Crippen molar-refractivity contribution in [1.29, 1.82) is 0 Å². The van der Waals surface area contributed by atoms with Crippen LogP contribution in [0, 0.1) is 19.8 Å². The summed E-state index contributed by atoms with van der Waals surface area (Å²) in [5.41, 5.74) is 14.8. The van der Waals surface area contributed by atoms with Gasteiger partial charge in [-0.25, -0.2) is 19.3 Å². The molecule has 0 radical (unpaired) electrons. The number of carbonyl (C=O) groups excluding carboxylic acids is 4. The molecule has 1 fully saturated rings. The minimum atomic E-state index is -0.717. The van der Waals surface area contributed by atoms with Crippen molar-refractivity contribution in [2.45, 2.75) is 59.8 Å². The first-order valence-electron chi connectivity index (χ1n) is 18.0. The van der Waals surface area contributed by atoms with Crippen molar-refractivity contribution in [3.05, 3.63) is 82.6 Å². The summed E-state index contributed by atoms with van der Waals surface area (Å²) in [6, 6.07) is 7.81. The van der Waals surface area contributed by atoms with Gasteiger partial charge in [-0.15, -0.1) is 0 Å². The summed E-state index contributed by atoms with van der Waals surface area (Å²) in [6.07, 6.45) is 7.01. The van der Waals surface area contributed by atoms with Gasteiger partial charge < -0.3 is 20.8 Å². The number of alkyl halides is 1. The fourth-order valence-electron chi connectivity index (χ4n) is 6.30. The molecule has 18 nitrogen and oxygen atoms in total. The summed E-state index contributed by atoms with van der Waals surface area (Å²) in [4.78, 5) is 65.0. The van der Waals surface area contributed by atoms with Crippen LogP contribution in [0.1, 0.15) is 72.8 Å². The second kappa shape index (κ2) is 15.4. The average Bonchev–Trinajstić information content (AvgIpc) is 3.46. The molecule has 0 aliphatic heterocycles. The molecule has 7 rings (SSSR count). The Morgan fingerprint density at radius 1 is 0.839 bits per heavy atom. The molecule has 5 aromatic heterocycles. The number of anilines is 2. The monoisotopic (exact) mass is 765 g/mol. The SMILES string of the molecule is CCn1nc(C)cc1C(=O)Nc1nc2cc(C(N)=O)cnc2n1C/C=C/Cn1c(NC(=O)c2cc(C)nn2CCF)nc2cc(C(N)=O)cc(OCC3CC3)c21. The van der Waals surface area contributed by atoms with Crippen LogP contribution in [-0.4, -0.2) is 80.6 Å². The summed E-state index contributed by atoms with van der Waals surface area (Å²) < 4.78 is 25.8. The second-order valence-electron chi connectivity index (χ2n) is 13.4. The van der Waals surface area contributed by atoms with Crippen LogP contribution < -0.4 is 26.8 Å². The van der Waals surface area contributed by atoms with E-state index < -0.39 is 30.3 Å². The second-order valence-corrected chi connectivity index (χ2v) is 13.4. The van der Waals surface area contributed by atoms with Gasteiger partial charge >= 0.3 is 0 Å². The van der Waals surface area contributed by atoms with Crippen molar-refractivity contribution < 1.29 is 28.3 Å². The highest BCUT2D eigenvalue weighted by Crippen LogP contribution is 2.34. The van der Waals surface area contributed by atoms with Gasteiger partial charge in [0.25, 0.3) is 11.8 Å². The third-order valence-electron chi connectivity index (χ3n) is 9.19. The molecule has 1 aliphatic rings. The molecule has 6 N–H and O–H groups in total. The van der Waals surface area contributed by atoms with Gasteiger partial charge in [-0.05, 0) is 69.9 Å². The first-order chi connectivity index (χ1) is 26.9. The fraction of sp³-hybridized carbons (Fsp3) is 0.324. The largest absolute Gasteiger partial charge is 0.491 e. The van der Waals surface area contributed by atoms with Gasteiger partial charge in [0, 0.05) is 31.4 Å². The summed E-state index contributed by atoms with van der Waals surface area (Å²) in [7, 11) is 0. The van der Waals surface area contributed by atoms with E-state index in [2.05, 4.69) is 35.8 Å². The Labute approximate surface area is 318 Å². The summed E-state index contributed by atoms with van der Waals surface area (Å²) >= 11 is 0. The lowest BCUT2D eigenvalue weighted by Gasteiger charge is -2.13. The van der Waals surface area contributed by atoms with E-state index in [9.17, 15) is 23.6 Å². The Kier molecular flexibility index (Phi) is 10.3. The molecule has 0 bridgehead atoms. The molecule has 0 spiro atoms. The molecular weight excluding hydrogens is 725 g/mol. The van der Waals surface area contributed by atoms with Crippen molar-refractivity contribution in [1.82, 2.24) is 43.6 Å². The van der Waals surface area contributed by atoms with E-state index >= 15 is 0 Å². The zero-order valence-corrected chi connectivity index (χ0v) is 31.0. The number of aryl methyl sites for hydroxylation is 4. The molecule has 290 valence electrons. The maximum atomic E-state index is 13.6. The minimum absolute atomic E-state index is 0.108. The molecule has 1 aliphatic carbocycles. The standard InChI is InChI=1S/C37H40FN13O5/c1-4-50-27(13-20(2)46-50)34(54)45-37-43-26-16-24(32(40)53)18-41-33(26)49(37)11-6-5-10-48-30-25(15-23(31(39)52)17-29(30)56-19-22-7-8-22)42-36(48)44-35(55)28-14-21(3)47-51(28)12-9-38/h5-6,13-18,22H,4,7-12,19H2,1-3H3,(H2,39,52)(H2,40,53)(H,42,44,55)(H,43,45,54)/b6-5+. The Balaban J connectivity index is 1.24. The van der Waals surface area contributed by atoms with Crippen molar-refractivity contribution in [3.8, 4) is 5.75 Å². The first-order valence-corrected chi connectivity index (χ1v) is 18.0. The lowest BCUT2D eigenvalue weighted by atomic mass is 10.1. The van der Waals surface area contributed by atoms with E-state index in [-0.39, 0.29) is 48.4 Å². The Morgan fingerprint density at radius 2 is 1.43 bits per heavy atom. The summed E-state index contributed by atoms with van der Waals surface area (Å²) in [6.45, 7) is 5.75. The lowest BCUT2D eigenvalue weighted by molar-refractivity contribution is 0.0991. The molecule has 56 heavy (non-hydrogen) atoms. The number of pyridine rings is 1. The van der Waals surface area contributed by atoms with Crippen molar-refractivity contribution in [2.75, 3.05) is 23.9 Å². The van der Waals surface area contributed by atoms with Crippen LogP contribution >= 0.6 is 0 Å². The van der Waals surface area contributed by atoms with E-state index in [1.165, 1.54) is 23.0 Å². The van der Waals surface area contributed by atoms with Crippen LogP contribution in [0.3, 0.4) is 0 Å². The number of hydrogen-bond acceptors (Lipinski definition) is 10. The number of amides is 4. The van der Waals surface area contributed by atoms with Gasteiger partial charge in [-0.3, -0.25) is 43.7 Å². The van der Waals surface area contributed by atoms with E-state index in [4.69, 9.17) is 16.2 Å². The van der Waals surface area contributed by atoms with Crippen LogP contribution in [0.5, 0.6) is 5.75 Å². The van der Waals surface area contributed by atoms with Gasteiger partial charge in [0.2, 0.25) is 23.7 Å². The normalized spacial score (nSPS) is 12.9. The van der Waals surface area contributed by atoms with Gasteiger partial charge in [-0.1, -0.05) is 12.2 Å². The van der Waals surface area contributed by atoms with Gasteiger partial charge in [0.1, 0.15) is 34.8 Å². The summed E-state index contributed by atoms with van der Waals surface area (Å²) in [5.74, 6) is -1.31. The maximum Gasteiger partial charge on any atom is 0.276 e. The highest BCUT2D eigenvalue weighted by Gasteiger charge is 2.26. The number of benzene rings is 1. The first kappa shape index (κ1) is 37.4. The number of allylic oxidation sites excluding steroid dienone is 2. The number of hydrogen-bond donors (Lipinski definition) is 4. The van der Waals surface area contributed by atoms with E-state index in [1.807, 2.05) is 13.0 Å². The number of primary amides is 2. The van der Waals surface area contributed by atoms with Gasteiger partial charge in [0.15, 0.2) is 5.65 Å². The third-order valence-corrected chi connectivity index (χ3v) is 9.19. The molecule has 1 aromatic carbocycles. The fourth-order valence-corrected chi connectivity index (χ4v) is 6.30. The number of aromatic nitrogens is 9. The number of rotatable bonds is 16. The van der Waals surface area contributed by atoms with Gasteiger partial charge in [0.05, 0.1) is 35.6 Å². The van der Waals surface area contributed by atoms with Crippen LogP contribution in [0.15, 0.2) is 48.7 Å². The lowest BCUT2D eigenvalue weighted by Crippen LogP contribution is -2.20. The highest BCUT2D eigenvalue weighted by atomic mass is 19.1. The number of fused-ring (bicyclic) bond motifs is 2. The summed E-state index contributed by atoms with van der Waals surface area (Å²) in [5, 5.41) is 14.3. The molecule has 0 unspecified atom stereocenters. The molecule has 6 aromatic rings. The molecule has 0 atom stereocenters.